The molecule has 0 radical (unpaired) electrons. The van der Waals surface area contributed by atoms with Gasteiger partial charge in [0, 0.05) is 0 Å². The average molecular weight is 211 g/mol. The first-order chi connectivity index (χ1) is 3.39. The van der Waals surface area contributed by atoms with Gasteiger partial charge in [-0.1, -0.05) is 0 Å². The van der Waals surface area contributed by atoms with Gasteiger partial charge in [0.2, 0.25) is 0 Å². The van der Waals surface area contributed by atoms with Gasteiger partial charge in [0.1, 0.15) is 0 Å². The first-order valence-electron chi connectivity index (χ1n) is 2.93. The van der Waals surface area contributed by atoms with Gasteiger partial charge in [0.05, 0.1) is 0 Å². The van der Waals surface area contributed by atoms with Crippen molar-refractivity contribution in [3.8, 4) is 0 Å². The molecule has 1 saturated heterocycles. The van der Waals surface area contributed by atoms with E-state index in [-0.39, 0.29) is 0 Å². The van der Waals surface area contributed by atoms with Crippen LogP contribution in [0.3, 0.4) is 0 Å². The Hall–Kier alpha value is 0.730. The molecule has 0 aromatic rings. The summed E-state index contributed by atoms with van der Waals surface area (Å²) in [6, 6.07) is 0. The van der Waals surface area contributed by atoms with E-state index in [0.29, 0.717) is 21.2 Å². The molecule has 44 valence electrons. The van der Waals surface area contributed by atoms with Gasteiger partial charge in [-0.2, -0.15) is 0 Å². The molecule has 0 nitrogen and oxygen atoms in total. The van der Waals surface area contributed by atoms with Crippen LogP contribution in [0, 0.1) is 5.92 Å². The average Bonchev–Trinajstić information content (AvgIpc) is 1.69. The molecule has 0 saturated carbocycles. The van der Waals surface area contributed by atoms with Crippen LogP contribution in [0.2, 0.25) is 0 Å². The first kappa shape index (κ1) is 5.86. The Balaban J connectivity index is 2.12. The molecule has 1 heterocycles. The number of hydrogen-bond donors (Lipinski definition) is 0. The fourth-order valence-corrected chi connectivity index (χ4v) is 4.31. The molecule has 0 aromatic heterocycles. The Morgan fingerprint density at radius 3 is 2.14 bits per heavy atom. The van der Waals surface area contributed by atoms with Crippen molar-refractivity contribution < 1.29 is 21.2 Å². The molecule has 1 aliphatic rings. The third-order valence-corrected chi connectivity index (χ3v) is 4.24. The fourth-order valence-electron chi connectivity index (χ4n) is 0.766. The molecule has 1 rings (SSSR count). The van der Waals surface area contributed by atoms with Crippen molar-refractivity contribution in [2.24, 2.45) is 5.92 Å². The summed E-state index contributed by atoms with van der Waals surface area (Å²) in [7, 11) is 0. The molecule has 0 aromatic carbocycles. The Kier molecular flexibility index (Phi) is 2.43. The Bertz CT molecular complexity index is 46.1. The van der Waals surface area contributed by atoms with E-state index in [2.05, 4.69) is 6.92 Å². The molecule has 7 heavy (non-hydrogen) atoms. The van der Waals surface area contributed by atoms with Gasteiger partial charge in [-0.15, -0.1) is 0 Å². The van der Waals surface area contributed by atoms with Crippen LogP contribution in [0.25, 0.3) is 0 Å². The van der Waals surface area contributed by atoms with Crippen LogP contribution in [-0.4, -0.2) is 8.86 Å². The van der Waals surface area contributed by atoms with Crippen LogP contribution in [0.1, 0.15) is 19.8 Å². The minimum absolute atomic E-state index is 0.688. The zero-order valence-electron chi connectivity index (χ0n) is 4.78. The van der Waals surface area contributed by atoms with E-state index >= 15 is 0 Å². The van der Waals surface area contributed by atoms with E-state index in [4.69, 9.17) is 0 Å². The molecule has 0 bridgehead atoms. The molecule has 0 N–H and O–H groups in total. The zero-order chi connectivity index (χ0) is 5.11. The van der Waals surface area contributed by atoms with Gasteiger partial charge in [-0.05, 0) is 0 Å². The van der Waals surface area contributed by atoms with E-state index in [9.17, 15) is 0 Å². The normalized spacial score (nSPS) is 26.4. The van der Waals surface area contributed by atoms with Gasteiger partial charge < -0.3 is 0 Å². The Morgan fingerprint density at radius 2 is 1.86 bits per heavy atom. The molecule has 1 aliphatic heterocycles. The summed E-state index contributed by atoms with van der Waals surface area (Å²) < 4.78 is 3.19. The van der Waals surface area contributed by atoms with Crippen molar-refractivity contribution in [3.05, 3.63) is 0 Å². The zero-order valence-corrected chi connectivity index (χ0v) is 6.94. The second-order valence-corrected chi connectivity index (χ2v) is 5.49. The van der Waals surface area contributed by atoms with Gasteiger partial charge in [0.15, 0.2) is 0 Å². The van der Waals surface area contributed by atoms with Crippen LogP contribution in [0.4, 0.5) is 0 Å². The van der Waals surface area contributed by atoms with Gasteiger partial charge >= 0.3 is 55.7 Å². The third kappa shape index (κ3) is 1.98. The molecule has 1 heteroatoms. The molecule has 0 aliphatic carbocycles. The number of hydrogen-bond acceptors (Lipinski definition) is 0. The first-order valence-corrected chi connectivity index (χ1v) is 5.98. The number of rotatable bonds is 0. The van der Waals surface area contributed by atoms with Gasteiger partial charge in [0.25, 0.3) is 0 Å². The molecule has 0 unspecified atom stereocenters. The number of halogens is 1. The summed E-state index contributed by atoms with van der Waals surface area (Å²) >= 11 is 0.688. The monoisotopic (exact) mass is 211 g/mol. The summed E-state index contributed by atoms with van der Waals surface area (Å²) in [5, 5.41) is 0. The standard InChI is InChI=1S/C6H12I/c1-6-2-4-7-5-3-6/h6H,2-5H2,1H3/q-1. The van der Waals surface area contributed by atoms with Crippen LogP contribution in [-0.2, 0) is 0 Å². The van der Waals surface area contributed by atoms with Crippen LogP contribution >= 0.6 is 0 Å². The van der Waals surface area contributed by atoms with E-state index < -0.39 is 0 Å². The van der Waals surface area contributed by atoms with Crippen LogP contribution in [0.15, 0.2) is 0 Å². The van der Waals surface area contributed by atoms with E-state index in [1.54, 1.807) is 8.86 Å². The Labute approximate surface area is 55.9 Å². The second-order valence-electron chi connectivity index (χ2n) is 2.25. The molecule has 0 amide bonds. The van der Waals surface area contributed by atoms with Gasteiger partial charge in [-0.3, -0.25) is 0 Å². The SMILES string of the molecule is CC1CC[I-]CC1. The summed E-state index contributed by atoms with van der Waals surface area (Å²) in [5.41, 5.74) is 0. The molecular weight excluding hydrogens is 199 g/mol. The van der Waals surface area contributed by atoms with Crippen LogP contribution in [0.5, 0.6) is 0 Å². The van der Waals surface area contributed by atoms with E-state index in [1.807, 2.05) is 0 Å². The van der Waals surface area contributed by atoms with Crippen molar-refractivity contribution >= 4 is 0 Å². The summed E-state index contributed by atoms with van der Waals surface area (Å²) in [4.78, 5) is 0. The molecule has 1 fully saturated rings. The predicted octanol–water partition coefficient (Wildman–Crippen LogP) is -1.49. The van der Waals surface area contributed by atoms with Crippen molar-refractivity contribution in [2.45, 2.75) is 19.8 Å². The minimum atomic E-state index is 0.688. The quantitative estimate of drug-likeness (QED) is 0.338. The van der Waals surface area contributed by atoms with E-state index in [1.165, 1.54) is 12.8 Å². The van der Waals surface area contributed by atoms with Crippen molar-refractivity contribution in [3.63, 3.8) is 0 Å². The molecule has 0 spiro atoms. The van der Waals surface area contributed by atoms with Crippen molar-refractivity contribution in [1.29, 1.82) is 0 Å². The van der Waals surface area contributed by atoms with Gasteiger partial charge in [-0.25, -0.2) is 0 Å². The summed E-state index contributed by atoms with van der Waals surface area (Å²) in [5.74, 6) is 1.06. The summed E-state index contributed by atoms with van der Waals surface area (Å²) in [6.07, 6.45) is 3.07. The Morgan fingerprint density at radius 1 is 1.29 bits per heavy atom. The maximum absolute atomic E-state index is 2.38. The predicted molar refractivity (Wildman–Crippen MR) is 28.1 cm³/mol. The second kappa shape index (κ2) is 2.90. The van der Waals surface area contributed by atoms with Crippen molar-refractivity contribution in [2.75, 3.05) is 8.86 Å². The third-order valence-electron chi connectivity index (χ3n) is 1.47. The summed E-state index contributed by atoms with van der Waals surface area (Å²) in [6.45, 7) is 2.38. The molecule has 0 atom stereocenters. The van der Waals surface area contributed by atoms with E-state index in [0.717, 1.165) is 5.92 Å². The topological polar surface area (TPSA) is 0 Å². The maximum atomic E-state index is 2.38. The number of alkyl halides is 2. The fraction of sp³-hybridized carbons (Fsp3) is 1.00. The van der Waals surface area contributed by atoms with Crippen LogP contribution < -0.4 is 21.2 Å². The molecular formula is C6H12I-. The van der Waals surface area contributed by atoms with Crippen molar-refractivity contribution in [1.82, 2.24) is 0 Å².